The molecule has 0 rings (SSSR count). The second-order valence-corrected chi connectivity index (χ2v) is 3.19. The van der Waals surface area contributed by atoms with Crippen molar-refractivity contribution in [3.8, 4) is 0 Å². The first-order valence-electron chi connectivity index (χ1n) is 2.36. The van der Waals surface area contributed by atoms with E-state index >= 15 is 0 Å². The third kappa shape index (κ3) is 2.73. The van der Waals surface area contributed by atoms with Crippen LogP contribution in [0.15, 0.2) is 0 Å². The Hall–Kier alpha value is -0.200. The van der Waals surface area contributed by atoms with E-state index in [1.165, 1.54) is 0 Å². The molecule has 9 heavy (non-hydrogen) atoms. The molecule has 0 amide bonds. The van der Waals surface area contributed by atoms with E-state index in [1.807, 2.05) is 0 Å². The zero-order valence-electron chi connectivity index (χ0n) is 4.75. The molecule has 6 heteroatoms. The van der Waals surface area contributed by atoms with E-state index in [4.69, 9.17) is 11.5 Å². The number of rotatable bonds is 3. The van der Waals surface area contributed by atoms with Crippen molar-refractivity contribution in [2.75, 3.05) is 13.1 Å². The summed E-state index contributed by atoms with van der Waals surface area (Å²) in [7, 11) is -4.52. The predicted octanol–water partition coefficient (Wildman–Crippen LogP) is -1.43. The highest BCUT2D eigenvalue weighted by Crippen LogP contribution is 1.98. The molecule has 0 saturated carbocycles. The molecule has 0 aromatic heterocycles. The van der Waals surface area contributed by atoms with Crippen molar-refractivity contribution in [1.82, 2.24) is 0 Å². The van der Waals surface area contributed by atoms with Gasteiger partial charge in [-0.3, -0.25) is 0 Å². The lowest BCUT2D eigenvalue weighted by molar-refractivity contribution is 0.534. The van der Waals surface area contributed by atoms with Crippen molar-refractivity contribution in [1.29, 1.82) is 0 Å². The van der Waals surface area contributed by atoms with Crippen LogP contribution in [-0.2, 0) is 10.2 Å². The Morgan fingerprint density at radius 1 is 1.33 bits per heavy atom. The number of halogens is 1. The molecule has 0 heterocycles. The molecule has 0 aromatic rings. The van der Waals surface area contributed by atoms with Crippen LogP contribution in [0.1, 0.15) is 0 Å². The lowest BCUT2D eigenvalue weighted by Gasteiger charge is -2.03. The fourth-order valence-electron chi connectivity index (χ4n) is 0.326. The number of hydrogen-bond donors (Lipinski definition) is 2. The van der Waals surface area contributed by atoms with Gasteiger partial charge in [0.15, 0.2) is 0 Å². The Kier molecular flexibility index (Phi) is 3.02. The third-order valence-corrected chi connectivity index (χ3v) is 2.11. The molecular formula is C3H9FN2O2S. The molecule has 0 aliphatic heterocycles. The van der Waals surface area contributed by atoms with E-state index in [1.54, 1.807) is 0 Å². The molecule has 4 nitrogen and oxygen atoms in total. The van der Waals surface area contributed by atoms with Crippen LogP contribution in [0.25, 0.3) is 0 Å². The van der Waals surface area contributed by atoms with Gasteiger partial charge >= 0.3 is 10.2 Å². The van der Waals surface area contributed by atoms with Crippen molar-refractivity contribution in [2.24, 2.45) is 11.5 Å². The van der Waals surface area contributed by atoms with E-state index in [-0.39, 0.29) is 13.1 Å². The second kappa shape index (κ2) is 3.09. The standard InChI is InChI=1S/C3H9FN2O2S/c4-9(7,8)3(1-5)2-6/h3H,1-2,5-6H2. The third-order valence-electron chi connectivity index (χ3n) is 0.924. The summed E-state index contributed by atoms with van der Waals surface area (Å²) in [6.45, 7) is -0.537. The highest BCUT2D eigenvalue weighted by Gasteiger charge is 2.20. The molecule has 4 N–H and O–H groups in total. The molecule has 0 bridgehead atoms. The van der Waals surface area contributed by atoms with E-state index in [0.717, 1.165) is 0 Å². The zero-order chi connectivity index (χ0) is 7.49. The maximum absolute atomic E-state index is 11.9. The molecule has 0 saturated heterocycles. The summed E-state index contributed by atoms with van der Waals surface area (Å²) in [6, 6.07) is 0. The minimum atomic E-state index is -4.52. The summed E-state index contributed by atoms with van der Waals surface area (Å²) >= 11 is 0. The van der Waals surface area contributed by atoms with Gasteiger partial charge in [0.1, 0.15) is 5.25 Å². The zero-order valence-corrected chi connectivity index (χ0v) is 5.57. The molecule has 0 aromatic carbocycles. The van der Waals surface area contributed by atoms with Crippen molar-refractivity contribution in [3.05, 3.63) is 0 Å². The van der Waals surface area contributed by atoms with Crippen molar-refractivity contribution in [3.63, 3.8) is 0 Å². The van der Waals surface area contributed by atoms with E-state index < -0.39 is 15.5 Å². The molecular weight excluding hydrogens is 147 g/mol. The first-order valence-corrected chi connectivity index (χ1v) is 3.80. The van der Waals surface area contributed by atoms with Gasteiger partial charge in [0.25, 0.3) is 0 Å². The maximum atomic E-state index is 11.9. The van der Waals surface area contributed by atoms with Gasteiger partial charge in [-0.1, -0.05) is 0 Å². The molecule has 0 radical (unpaired) electrons. The summed E-state index contributed by atoms with van der Waals surface area (Å²) < 4.78 is 31.8. The Bertz CT molecular complexity index is 163. The Morgan fingerprint density at radius 2 is 1.67 bits per heavy atom. The van der Waals surface area contributed by atoms with Crippen LogP contribution in [0.4, 0.5) is 3.89 Å². The molecule has 0 aliphatic carbocycles. The minimum absolute atomic E-state index is 0.269. The van der Waals surface area contributed by atoms with Gasteiger partial charge in [-0.05, 0) is 0 Å². The van der Waals surface area contributed by atoms with Gasteiger partial charge in [0, 0.05) is 13.1 Å². The van der Waals surface area contributed by atoms with E-state index in [0.29, 0.717) is 0 Å². The molecule has 0 atom stereocenters. The van der Waals surface area contributed by atoms with Crippen molar-refractivity contribution < 1.29 is 12.3 Å². The van der Waals surface area contributed by atoms with Crippen LogP contribution in [0.5, 0.6) is 0 Å². The summed E-state index contributed by atoms with van der Waals surface area (Å²) in [5.41, 5.74) is 9.74. The Labute approximate surface area is 53.2 Å². The van der Waals surface area contributed by atoms with E-state index in [9.17, 15) is 12.3 Å². The van der Waals surface area contributed by atoms with Gasteiger partial charge in [0.05, 0.1) is 0 Å². The average Bonchev–Trinajstić information content (AvgIpc) is 1.65. The highest BCUT2D eigenvalue weighted by atomic mass is 32.3. The lowest BCUT2D eigenvalue weighted by atomic mass is 10.4. The fraction of sp³-hybridized carbons (Fsp3) is 1.00. The van der Waals surface area contributed by atoms with Gasteiger partial charge in [-0.15, -0.1) is 3.89 Å². The summed E-state index contributed by atoms with van der Waals surface area (Å²) in [5, 5.41) is -1.24. The summed E-state index contributed by atoms with van der Waals surface area (Å²) in [5.74, 6) is 0. The number of hydrogen-bond acceptors (Lipinski definition) is 4. The largest absolute Gasteiger partial charge is 0.329 e. The average molecular weight is 156 g/mol. The quantitative estimate of drug-likeness (QED) is 0.490. The second-order valence-electron chi connectivity index (χ2n) is 1.57. The van der Waals surface area contributed by atoms with Crippen LogP contribution in [0, 0.1) is 0 Å². The molecule has 0 spiro atoms. The smallest absolute Gasteiger partial charge is 0.307 e. The maximum Gasteiger partial charge on any atom is 0.307 e. The van der Waals surface area contributed by atoms with Gasteiger partial charge in [0.2, 0.25) is 0 Å². The van der Waals surface area contributed by atoms with Gasteiger partial charge < -0.3 is 11.5 Å². The topological polar surface area (TPSA) is 86.2 Å². The van der Waals surface area contributed by atoms with Crippen LogP contribution in [0.3, 0.4) is 0 Å². The molecule has 0 unspecified atom stereocenters. The molecule has 0 aliphatic rings. The van der Waals surface area contributed by atoms with Crippen molar-refractivity contribution >= 4 is 10.2 Å². The first-order chi connectivity index (χ1) is 4.02. The van der Waals surface area contributed by atoms with Crippen LogP contribution >= 0.6 is 0 Å². The SMILES string of the molecule is NCC(CN)S(=O)(=O)F. The molecule has 0 fully saturated rings. The van der Waals surface area contributed by atoms with E-state index in [2.05, 4.69) is 0 Å². The fourth-order valence-corrected chi connectivity index (χ4v) is 0.786. The van der Waals surface area contributed by atoms with Crippen LogP contribution in [-0.4, -0.2) is 26.8 Å². The first kappa shape index (κ1) is 8.80. The van der Waals surface area contributed by atoms with Crippen molar-refractivity contribution in [2.45, 2.75) is 5.25 Å². The molecule has 56 valence electrons. The normalized spacial score (nSPS) is 12.4. The van der Waals surface area contributed by atoms with Crippen LogP contribution in [0.2, 0.25) is 0 Å². The Morgan fingerprint density at radius 3 is 1.67 bits per heavy atom. The monoisotopic (exact) mass is 156 g/mol. The highest BCUT2D eigenvalue weighted by molar-refractivity contribution is 7.87. The Balaban J connectivity index is 4.14. The predicted molar refractivity (Wildman–Crippen MR) is 31.9 cm³/mol. The minimum Gasteiger partial charge on any atom is -0.329 e. The summed E-state index contributed by atoms with van der Waals surface area (Å²) in [6.07, 6.45) is 0. The van der Waals surface area contributed by atoms with Crippen LogP contribution < -0.4 is 11.5 Å². The number of nitrogens with two attached hydrogens (primary N) is 2. The van der Waals surface area contributed by atoms with Gasteiger partial charge in [-0.25, -0.2) is 0 Å². The summed E-state index contributed by atoms with van der Waals surface area (Å²) in [4.78, 5) is 0. The van der Waals surface area contributed by atoms with Gasteiger partial charge in [-0.2, -0.15) is 8.42 Å². The lowest BCUT2D eigenvalue weighted by Crippen LogP contribution is -2.34.